The van der Waals surface area contributed by atoms with Crippen molar-refractivity contribution < 1.29 is 9.53 Å². The number of para-hydroxylation sites is 2. The van der Waals surface area contributed by atoms with Gasteiger partial charge in [0.1, 0.15) is 11.6 Å². The van der Waals surface area contributed by atoms with Gasteiger partial charge in [-0.05, 0) is 49.6 Å². The first kappa shape index (κ1) is 19.9. The molecule has 1 atom stereocenters. The van der Waals surface area contributed by atoms with Crippen LogP contribution in [-0.2, 0) is 11.2 Å². The van der Waals surface area contributed by atoms with Crippen molar-refractivity contribution in [2.75, 3.05) is 7.11 Å². The van der Waals surface area contributed by atoms with Crippen molar-refractivity contribution in [3.8, 4) is 5.75 Å². The van der Waals surface area contributed by atoms with Crippen molar-refractivity contribution in [2.24, 2.45) is 5.92 Å². The number of fused-ring (bicyclic) bond motifs is 1. The maximum absolute atomic E-state index is 12.8. The molecule has 148 valence electrons. The second kappa shape index (κ2) is 8.46. The number of imidazole rings is 1. The Hall–Kier alpha value is -2.82. The molecule has 5 nitrogen and oxygen atoms in total. The molecule has 0 fully saturated rings. The van der Waals surface area contributed by atoms with E-state index in [0.717, 1.165) is 28.2 Å². The first-order chi connectivity index (χ1) is 13.4. The third-order valence-electron chi connectivity index (χ3n) is 4.92. The number of nitrogens with one attached hydrogen (secondary N) is 1. The molecule has 0 aliphatic carbocycles. The second-order valence-electron chi connectivity index (χ2n) is 7.74. The predicted molar refractivity (Wildman–Crippen MR) is 113 cm³/mol. The van der Waals surface area contributed by atoms with E-state index < -0.39 is 0 Å². The molecule has 0 saturated heterocycles. The molecule has 0 radical (unpaired) electrons. The van der Waals surface area contributed by atoms with Crippen LogP contribution in [0.25, 0.3) is 11.0 Å². The van der Waals surface area contributed by atoms with Crippen LogP contribution in [0.2, 0.25) is 0 Å². The summed E-state index contributed by atoms with van der Waals surface area (Å²) in [6.07, 6.45) is 0.328. The molecule has 0 unspecified atom stereocenters. The third-order valence-corrected chi connectivity index (χ3v) is 4.92. The Kier molecular flexibility index (Phi) is 6.02. The summed E-state index contributed by atoms with van der Waals surface area (Å²) in [5.74, 6) is 1.91. The lowest BCUT2D eigenvalue weighted by Gasteiger charge is -2.25. The van der Waals surface area contributed by atoms with Crippen LogP contribution in [0.5, 0.6) is 5.75 Å². The lowest BCUT2D eigenvalue weighted by molar-refractivity contribution is -0.121. The number of nitrogens with zero attached hydrogens (tertiary/aromatic N) is 2. The predicted octanol–water partition coefficient (Wildman–Crippen LogP) is 4.68. The number of carbonyl (C=O) groups excluding carboxylic acids is 1. The monoisotopic (exact) mass is 379 g/mol. The summed E-state index contributed by atoms with van der Waals surface area (Å²) in [5.41, 5.74) is 3.02. The highest BCUT2D eigenvalue weighted by atomic mass is 16.5. The van der Waals surface area contributed by atoms with Gasteiger partial charge in [-0.25, -0.2) is 4.98 Å². The van der Waals surface area contributed by atoms with Gasteiger partial charge in [-0.1, -0.05) is 38.1 Å². The number of methoxy groups -OCH3 is 1. The molecule has 2 aromatic carbocycles. The number of rotatable bonds is 7. The molecule has 0 bridgehead atoms. The number of hydrogen-bond donors (Lipinski definition) is 1. The summed E-state index contributed by atoms with van der Waals surface area (Å²) in [7, 11) is 1.63. The minimum atomic E-state index is -0.152. The average Bonchev–Trinajstić information content (AvgIpc) is 3.05. The molecule has 1 N–H and O–H groups in total. The Labute approximate surface area is 166 Å². The highest BCUT2D eigenvalue weighted by Gasteiger charge is 2.26. The van der Waals surface area contributed by atoms with Crippen LogP contribution in [0.15, 0.2) is 48.5 Å². The fourth-order valence-corrected chi connectivity index (χ4v) is 3.51. The largest absolute Gasteiger partial charge is 0.497 e. The van der Waals surface area contributed by atoms with Gasteiger partial charge in [0.25, 0.3) is 0 Å². The van der Waals surface area contributed by atoms with Crippen LogP contribution in [-0.4, -0.2) is 22.6 Å². The van der Waals surface area contributed by atoms with Crippen LogP contribution in [0, 0.1) is 5.92 Å². The summed E-state index contributed by atoms with van der Waals surface area (Å²) in [6.45, 7) is 8.52. The zero-order valence-electron chi connectivity index (χ0n) is 17.3. The SMILES string of the molecule is COc1ccc(CC(=O)N[C@H](c2nc3ccccc3n2C(C)C)C(C)C)cc1. The van der Waals surface area contributed by atoms with Gasteiger partial charge < -0.3 is 14.6 Å². The van der Waals surface area contributed by atoms with Gasteiger partial charge in [-0.15, -0.1) is 0 Å². The smallest absolute Gasteiger partial charge is 0.225 e. The number of ether oxygens (including phenoxy) is 1. The van der Waals surface area contributed by atoms with Gasteiger partial charge in [0.15, 0.2) is 0 Å². The Bertz CT molecular complexity index is 942. The normalized spacial score (nSPS) is 12.5. The van der Waals surface area contributed by atoms with E-state index in [1.165, 1.54) is 0 Å². The van der Waals surface area contributed by atoms with E-state index in [2.05, 4.69) is 43.6 Å². The van der Waals surface area contributed by atoms with E-state index in [-0.39, 0.29) is 23.9 Å². The number of amides is 1. The van der Waals surface area contributed by atoms with Crippen molar-refractivity contribution >= 4 is 16.9 Å². The van der Waals surface area contributed by atoms with Gasteiger partial charge in [0.05, 0.1) is 30.6 Å². The maximum Gasteiger partial charge on any atom is 0.225 e. The van der Waals surface area contributed by atoms with Gasteiger partial charge in [0, 0.05) is 6.04 Å². The quantitative estimate of drug-likeness (QED) is 0.648. The Morgan fingerprint density at radius 3 is 2.36 bits per heavy atom. The molecule has 5 heteroatoms. The fraction of sp³-hybridized carbons (Fsp3) is 0.391. The lowest BCUT2D eigenvalue weighted by Crippen LogP contribution is -2.35. The van der Waals surface area contributed by atoms with Crippen molar-refractivity contribution in [1.29, 1.82) is 0 Å². The summed E-state index contributed by atoms with van der Waals surface area (Å²) in [5, 5.41) is 3.21. The Morgan fingerprint density at radius 2 is 1.75 bits per heavy atom. The Balaban J connectivity index is 1.86. The number of benzene rings is 2. The Morgan fingerprint density at radius 1 is 1.07 bits per heavy atom. The van der Waals surface area contributed by atoms with Crippen LogP contribution < -0.4 is 10.1 Å². The van der Waals surface area contributed by atoms with E-state index in [9.17, 15) is 4.79 Å². The van der Waals surface area contributed by atoms with E-state index >= 15 is 0 Å². The molecule has 3 rings (SSSR count). The highest BCUT2D eigenvalue weighted by molar-refractivity contribution is 5.80. The number of hydrogen-bond acceptors (Lipinski definition) is 3. The molecule has 0 spiro atoms. The van der Waals surface area contributed by atoms with Crippen LogP contribution in [0.1, 0.15) is 51.2 Å². The van der Waals surface area contributed by atoms with Crippen molar-refractivity contribution in [2.45, 2.75) is 46.2 Å². The molecule has 0 aliphatic rings. The fourth-order valence-electron chi connectivity index (χ4n) is 3.51. The van der Waals surface area contributed by atoms with Gasteiger partial charge >= 0.3 is 0 Å². The molecule has 3 aromatic rings. The zero-order chi connectivity index (χ0) is 20.3. The molecule has 1 heterocycles. The first-order valence-corrected chi connectivity index (χ1v) is 9.80. The maximum atomic E-state index is 12.8. The summed E-state index contributed by atoms with van der Waals surface area (Å²) < 4.78 is 7.41. The van der Waals surface area contributed by atoms with Gasteiger partial charge in [0.2, 0.25) is 5.91 Å². The molecule has 28 heavy (non-hydrogen) atoms. The average molecular weight is 380 g/mol. The molecular formula is C23H29N3O2. The minimum absolute atomic E-state index is 0.00812. The van der Waals surface area contributed by atoms with E-state index in [0.29, 0.717) is 6.42 Å². The molecule has 1 aromatic heterocycles. The first-order valence-electron chi connectivity index (χ1n) is 9.80. The molecular weight excluding hydrogens is 350 g/mol. The third kappa shape index (κ3) is 4.19. The topological polar surface area (TPSA) is 56.1 Å². The summed E-state index contributed by atoms with van der Waals surface area (Å²) in [4.78, 5) is 17.6. The van der Waals surface area contributed by atoms with E-state index in [4.69, 9.17) is 9.72 Å². The zero-order valence-corrected chi connectivity index (χ0v) is 17.3. The van der Waals surface area contributed by atoms with Crippen molar-refractivity contribution in [3.63, 3.8) is 0 Å². The lowest BCUT2D eigenvalue weighted by atomic mass is 10.0. The molecule has 0 saturated carbocycles. The summed E-state index contributed by atoms with van der Waals surface area (Å²) in [6, 6.07) is 15.8. The van der Waals surface area contributed by atoms with Crippen molar-refractivity contribution in [1.82, 2.24) is 14.9 Å². The highest BCUT2D eigenvalue weighted by Crippen LogP contribution is 2.29. The second-order valence-corrected chi connectivity index (χ2v) is 7.74. The van der Waals surface area contributed by atoms with Crippen LogP contribution in [0.4, 0.5) is 0 Å². The van der Waals surface area contributed by atoms with Gasteiger partial charge in [-0.3, -0.25) is 4.79 Å². The molecule has 0 aliphatic heterocycles. The van der Waals surface area contributed by atoms with Gasteiger partial charge in [-0.2, -0.15) is 0 Å². The number of aromatic nitrogens is 2. The minimum Gasteiger partial charge on any atom is -0.497 e. The standard InChI is InChI=1S/C23H29N3O2/c1-15(2)22(25-21(27)14-17-10-12-18(28-5)13-11-17)23-24-19-8-6-7-9-20(19)26(23)16(3)4/h6-13,15-16,22H,14H2,1-5H3,(H,25,27)/t22-/m0/s1. The van der Waals surface area contributed by atoms with Crippen molar-refractivity contribution in [3.05, 3.63) is 59.9 Å². The van der Waals surface area contributed by atoms with Crippen LogP contribution >= 0.6 is 0 Å². The van der Waals surface area contributed by atoms with E-state index in [1.807, 2.05) is 42.5 Å². The summed E-state index contributed by atoms with van der Waals surface area (Å²) >= 11 is 0. The van der Waals surface area contributed by atoms with E-state index in [1.54, 1.807) is 7.11 Å². The van der Waals surface area contributed by atoms with Crippen LogP contribution in [0.3, 0.4) is 0 Å². The molecule has 1 amide bonds. The number of carbonyl (C=O) groups is 1.